The molecule has 256 valence electrons. The van der Waals surface area contributed by atoms with E-state index in [9.17, 15) is 0 Å². The van der Waals surface area contributed by atoms with E-state index < -0.39 is 0 Å². The average molecular weight is 658 g/mol. The topological polar surface area (TPSA) is 3.24 Å². The quantitative estimate of drug-likeness (QED) is 0.176. The van der Waals surface area contributed by atoms with E-state index in [2.05, 4.69) is 149 Å². The number of nitrogens with zero attached hydrogens (tertiary/aromatic N) is 1. The van der Waals surface area contributed by atoms with Crippen molar-refractivity contribution in [3.05, 3.63) is 137 Å². The second-order valence-electron chi connectivity index (χ2n) is 17.1. The standard InChI is InChI=1S/C49H55N/c1-48(2,3)40-22-26-42(27-23-40)50(43-28-29-45-44-18-12-13-19-46(44)49(4,5)47(45)33-43)41-24-20-36(21-25-41)39-31-37(34-14-8-6-9-15-34)30-38(32-39)35-16-10-7-11-17-35/h12-13,18-35H,6-11,14-17H2,1-5H3. The molecule has 0 unspecified atom stereocenters. The molecule has 5 aromatic carbocycles. The molecule has 5 aromatic rings. The van der Waals surface area contributed by atoms with Crippen LogP contribution >= 0.6 is 0 Å². The van der Waals surface area contributed by atoms with Gasteiger partial charge in [0.1, 0.15) is 0 Å². The number of fused-ring (bicyclic) bond motifs is 3. The maximum Gasteiger partial charge on any atom is 0.0465 e. The molecule has 2 fully saturated rings. The zero-order valence-corrected chi connectivity index (χ0v) is 31.1. The van der Waals surface area contributed by atoms with Gasteiger partial charge >= 0.3 is 0 Å². The van der Waals surface area contributed by atoms with Crippen molar-refractivity contribution in [2.45, 2.75) is 121 Å². The molecule has 0 amide bonds. The largest absolute Gasteiger partial charge is 0.310 e. The van der Waals surface area contributed by atoms with Gasteiger partial charge in [0.05, 0.1) is 0 Å². The van der Waals surface area contributed by atoms with Crippen molar-refractivity contribution in [2.24, 2.45) is 0 Å². The molecule has 0 aromatic heterocycles. The van der Waals surface area contributed by atoms with Gasteiger partial charge < -0.3 is 4.90 Å². The molecule has 0 spiro atoms. The minimum absolute atomic E-state index is 0.0487. The Morgan fingerprint density at radius 1 is 0.500 bits per heavy atom. The summed E-state index contributed by atoms with van der Waals surface area (Å²) in [7, 11) is 0. The average Bonchev–Trinajstić information content (AvgIpc) is 3.38. The molecule has 0 radical (unpaired) electrons. The lowest BCUT2D eigenvalue weighted by Gasteiger charge is -2.29. The lowest BCUT2D eigenvalue weighted by Crippen LogP contribution is -2.17. The molecule has 0 aliphatic heterocycles. The molecule has 0 saturated heterocycles. The third-order valence-corrected chi connectivity index (χ3v) is 12.4. The van der Waals surface area contributed by atoms with Gasteiger partial charge in [-0.3, -0.25) is 0 Å². The minimum Gasteiger partial charge on any atom is -0.310 e. The fourth-order valence-electron chi connectivity index (χ4n) is 9.38. The monoisotopic (exact) mass is 657 g/mol. The molecule has 1 nitrogen and oxygen atoms in total. The normalized spacial score (nSPS) is 17.7. The van der Waals surface area contributed by atoms with Gasteiger partial charge in [-0.05, 0) is 129 Å². The van der Waals surface area contributed by atoms with E-state index in [4.69, 9.17) is 0 Å². The Hall–Kier alpha value is -4.10. The van der Waals surface area contributed by atoms with E-state index in [1.807, 2.05) is 0 Å². The highest BCUT2D eigenvalue weighted by Crippen LogP contribution is 2.51. The highest BCUT2D eigenvalue weighted by molar-refractivity contribution is 5.86. The van der Waals surface area contributed by atoms with E-state index >= 15 is 0 Å². The van der Waals surface area contributed by atoms with Crippen LogP contribution in [0.15, 0.2) is 109 Å². The zero-order chi connectivity index (χ0) is 34.5. The molecule has 3 aliphatic carbocycles. The summed E-state index contributed by atoms with van der Waals surface area (Å²) < 4.78 is 0. The summed E-state index contributed by atoms with van der Waals surface area (Å²) in [6.07, 6.45) is 13.7. The molecule has 0 atom stereocenters. The fourth-order valence-corrected chi connectivity index (χ4v) is 9.38. The van der Waals surface area contributed by atoms with Crippen LogP contribution in [0.25, 0.3) is 22.3 Å². The van der Waals surface area contributed by atoms with Gasteiger partial charge in [-0.25, -0.2) is 0 Å². The van der Waals surface area contributed by atoms with Gasteiger partial charge in [0.2, 0.25) is 0 Å². The first-order valence-electron chi connectivity index (χ1n) is 19.6. The van der Waals surface area contributed by atoms with Crippen LogP contribution in [0.3, 0.4) is 0 Å². The summed E-state index contributed by atoms with van der Waals surface area (Å²) >= 11 is 0. The summed E-state index contributed by atoms with van der Waals surface area (Å²) in [4.78, 5) is 2.46. The van der Waals surface area contributed by atoms with Crippen LogP contribution in [0.2, 0.25) is 0 Å². The molecule has 0 heterocycles. The highest BCUT2D eigenvalue weighted by Gasteiger charge is 2.35. The van der Waals surface area contributed by atoms with Crippen molar-refractivity contribution >= 4 is 17.1 Å². The van der Waals surface area contributed by atoms with E-state index in [0.29, 0.717) is 11.8 Å². The molecular weight excluding hydrogens is 603 g/mol. The van der Waals surface area contributed by atoms with Crippen molar-refractivity contribution in [1.82, 2.24) is 0 Å². The van der Waals surface area contributed by atoms with Crippen LogP contribution in [-0.4, -0.2) is 0 Å². The van der Waals surface area contributed by atoms with E-state index in [0.717, 1.165) is 0 Å². The van der Waals surface area contributed by atoms with Crippen molar-refractivity contribution in [3.8, 4) is 22.3 Å². The Labute approximate surface area is 301 Å². The Balaban J connectivity index is 1.19. The maximum absolute atomic E-state index is 2.61. The van der Waals surface area contributed by atoms with Crippen LogP contribution in [0, 0.1) is 0 Å². The molecule has 8 rings (SSSR count). The number of hydrogen-bond donors (Lipinski definition) is 0. The summed E-state index contributed by atoms with van der Waals surface area (Å²) in [5.41, 5.74) is 16.5. The van der Waals surface area contributed by atoms with Crippen LogP contribution in [0.4, 0.5) is 17.1 Å². The Morgan fingerprint density at radius 3 is 1.60 bits per heavy atom. The highest BCUT2D eigenvalue weighted by atomic mass is 15.1. The predicted octanol–water partition coefficient (Wildman–Crippen LogP) is 14.5. The van der Waals surface area contributed by atoms with Gasteiger partial charge in [0.15, 0.2) is 0 Å². The van der Waals surface area contributed by atoms with Crippen LogP contribution < -0.4 is 4.90 Å². The number of rotatable bonds is 6. The Kier molecular flexibility index (Phi) is 8.74. The summed E-state index contributed by atoms with van der Waals surface area (Å²) in [5, 5.41) is 0. The van der Waals surface area contributed by atoms with Crippen LogP contribution in [0.5, 0.6) is 0 Å². The third-order valence-electron chi connectivity index (χ3n) is 12.4. The van der Waals surface area contributed by atoms with Crippen molar-refractivity contribution in [1.29, 1.82) is 0 Å². The molecule has 2 saturated carbocycles. The third kappa shape index (κ3) is 6.23. The Bertz CT molecular complexity index is 1920. The van der Waals surface area contributed by atoms with Gasteiger partial charge in [-0.2, -0.15) is 0 Å². The van der Waals surface area contributed by atoms with Gasteiger partial charge in [-0.15, -0.1) is 0 Å². The fraction of sp³-hybridized carbons (Fsp3) is 0.388. The second kappa shape index (κ2) is 13.2. The lowest BCUT2D eigenvalue weighted by molar-refractivity contribution is 0.435. The Morgan fingerprint density at radius 2 is 1.02 bits per heavy atom. The van der Waals surface area contributed by atoms with Crippen molar-refractivity contribution < 1.29 is 0 Å². The smallest absolute Gasteiger partial charge is 0.0465 e. The SMILES string of the molecule is CC(C)(C)c1ccc(N(c2ccc(-c3cc(C4CCCCC4)cc(C4CCCCC4)c3)cc2)c2ccc3c(c2)C(C)(C)c2ccccc2-3)cc1. The summed E-state index contributed by atoms with van der Waals surface area (Å²) in [6, 6.07) is 42.5. The van der Waals surface area contributed by atoms with Crippen molar-refractivity contribution in [2.75, 3.05) is 4.90 Å². The van der Waals surface area contributed by atoms with E-state index in [1.165, 1.54) is 120 Å². The first-order chi connectivity index (χ1) is 24.2. The van der Waals surface area contributed by atoms with Gasteiger partial charge in [-0.1, -0.05) is 146 Å². The lowest BCUT2D eigenvalue weighted by atomic mass is 9.78. The molecule has 0 bridgehead atoms. The van der Waals surface area contributed by atoms with E-state index in [1.54, 1.807) is 11.1 Å². The molecule has 1 heteroatoms. The molecule has 50 heavy (non-hydrogen) atoms. The zero-order valence-electron chi connectivity index (χ0n) is 31.1. The van der Waals surface area contributed by atoms with Crippen LogP contribution in [-0.2, 0) is 10.8 Å². The predicted molar refractivity (Wildman–Crippen MR) is 214 cm³/mol. The molecular formula is C49H55N. The van der Waals surface area contributed by atoms with E-state index in [-0.39, 0.29) is 10.8 Å². The second-order valence-corrected chi connectivity index (χ2v) is 17.1. The van der Waals surface area contributed by atoms with Gasteiger partial charge in [0, 0.05) is 22.5 Å². The molecule has 0 N–H and O–H groups in total. The first-order valence-corrected chi connectivity index (χ1v) is 19.6. The van der Waals surface area contributed by atoms with Gasteiger partial charge in [0.25, 0.3) is 0 Å². The summed E-state index contributed by atoms with van der Waals surface area (Å²) in [6.45, 7) is 11.6. The van der Waals surface area contributed by atoms with Crippen molar-refractivity contribution in [3.63, 3.8) is 0 Å². The maximum atomic E-state index is 2.61. The number of hydrogen-bond acceptors (Lipinski definition) is 1. The molecule has 3 aliphatic rings. The van der Waals surface area contributed by atoms with Crippen LogP contribution in [0.1, 0.15) is 138 Å². The first kappa shape index (κ1) is 33.1. The minimum atomic E-state index is -0.0487. The number of benzene rings is 5. The number of anilines is 3. The summed E-state index contributed by atoms with van der Waals surface area (Å²) in [5.74, 6) is 1.43.